The molecule has 2 aliphatic heterocycles. The third-order valence-corrected chi connectivity index (χ3v) is 4.98. The summed E-state index contributed by atoms with van der Waals surface area (Å²) in [6.07, 6.45) is 3.62. The van der Waals surface area contributed by atoms with Gasteiger partial charge in [0.15, 0.2) is 0 Å². The van der Waals surface area contributed by atoms with E-state index in [4.69, 9.17) is 26.8 Å². The highest BCUT2D eigenvalue weighted by atomic mass is 35.5. The van der Waals surface area contributed by atoms with Gasteiger partial charge in [-0.2, -0.15) is 0 Å². The largest absolute Gasteiger partial charge is 0.487 e. The lowest BCUT2D eigenvalue weighted by Crippen LogP contribution is -2.53. The van der Waals surface area contributed by atoms with Crippen molar-refractivity contribution in [3.63, 3.8) is 0 Å². The van der Waals surface area contributed by atoms with Crippen molar-refractivity contribution in [3.8, 4) is 5.75 Å². The van der Waals surface area contributed by atoms with Gasteiger partial charge in [-0.25, -0.2) is 0 Å². The second kappa shape index (κ2) is 4.90. The van der Waals surface area contributed by atoms with Crippen LogP contribution < -0.4 is 10.5 Å². The normalized spacial score (nSPS) is 36.5. The van der Waals surface area contributed by atoms with Crippen LogP contribution in [0, 0.1) is 0 Å². The van der Waals surface area contributed by atoms with Crippen LogP contribution in [-0.4, -0.2) is 17.8 Å². The van der Waals surface area contributed by atoms with Gasteiger partial charge in [0.25, 0.3) is 0 Å². The molecule has 0 radical (unpaired) electrons. The minimum atomic E-state index is -0.191. The Morgan fingerprint density at radius 3 is 3.00 bits per heavy atom. The minimum absolute atomic E-state index is 0.0170. The van der Waals surface area contributed by atoms with Crippen LogP contribution in [0.3, 0.4) is 0 Å². The summed E-state index contributed by atoms with van der Waals surface area (Å²) in [4.78, 5) is 0. The maximum absolute atomic E-state index is 6.37. The molecule has 0 bridgehead atoms. The van der Waals surface area contributed by atoms with Crippen LogP contribution in [0.4, 0.5) is 0 Å². The van der Waals surface area contributed by atoms with E-state index in [1.807, 2.05) is 18.2 Å². The molecule has 0 aromatic heterocycles. The summed E-state index contributed by atoms with van der Waals surface area (Å²) in [7, 11) is 0. The van der Waals surface area contributed by atoms with Crippen molar-refractivity contribution in [3.05, 3.63) is 28.8 Å². The fourth-order valence-electron chi connectivity index (χ4n) is 3.48. The Hall–Kier alpha value is -0.770. The lowest BCUT2D eigenvalue weighted by molar-refractivity contribution is -0.151. The Morgan fingerprint density at radius 2 is 2.25 bits per heavy atom. The van der Waals surface area contributed by atoms with E-state index >= 15 is 0 Å². The molecule has 2 aliphatic rings. The van der Waals surface area contributed by atoms with Gasteiger partial charge in [-0.3, -0.25) is 0 Å². The second-order valence-electron chi connectivity index (χ2n) is 6.36. The van der Waals surface area contributed by atoms with Crippen molar-refractivity contribution >= 4 is 11.6 Å². The molecule has 0 aliphatic carbocycles. The number of fused-ring (bicyclic) bond motifs is 1. The molecule has 3 rings (SSSR count). The number of rotatable bonds is 1. The number of halogens is 1. The lowest BCUT2D eigenvalue weighted by atomic mass is 9.75. The van der Waals surface area contributed by atoms with Gasteiger partial charge in [0.2, 0.25) is 0 Å². The molecule has 0 saturated carbocycles. The van der Waals surface area contributed by atoms with E-state index in [1.165, 1.54) is 0 Å². The highest BCUT2D eigenvalue weighted by molar-refractivity contribution is 6.30. The smallest absolute Gasteiger partial charge is 0.125 e. The van der Waals surface area contributed by atoms with Crippen molar-refractivity contribution in [1.29, 1.82) is 0 Å². The summed E-state index contributed by atoms with van der Waals surface area (Å²) >= 11 is 6.06. The Labute approximate surface area is 125 Å². The molecule has 110 valence electrons. The Kier molecular flexibility index (Phi) is 3.47. The Bertz CT molecular complexity index is 521. The zero-order valence-electron chi connectivity index (χ0n) is 12.1. The second-order valence-corrected chi connectivity index (χ2v) is 6.79. The zero-order valence-corrected chi connectivity index (χ0v) is 12.9. The van der Waals surface area contributed by atoms with E-state index < -0.39 is 0 Å². The van der Waals surface area contributed by atoms with Gasteiger partial charge in [-0.15, -0.1) is 0 Å². The summed E-state index contributed by atoms with van der Waals surface area (Å²) in [5.41, 5.74) is 7.09. The first kappa shape index (κ1) is 14.2. The van der Waals surface area contributed by atoms with Crippen LogP contribution in [0.2, 0.25) is 5.02 Å². The molecule has 0 amide bonds. The minimum Gasteiger partial charge on any atom is -0.487 e. The molecule has 1 fully saturated rings. The van der Waals surface area contributed by atoms with Crippen molar-refractivity contribution in [2.75, 3.05) is 6.61 Å². The van der Waals surface area contributed by atoms with Crippen molar-refractivity contribution in [1.82, 2.24) is 0 Å². The molecular formula is C16H22ClNO2. The first-order valence-corrected chi connectivity index (χ1v) is 7.71. The molecule has 20 heavy (non-hydrogen) atoms. The molecule has 4 heteroatoms. The Balaban J connectivity index is 1.92. The van der Waals surface area contributed by atoms with Gasteiger partial charge >= 0.3 is 0 Å². The van der Waals surface area contributed by atoms with Crippen LogP contribution in [0.1, 0.15) is 51.1 Å². The summed E-state index contributed by atoms with van der Waals surface area (Å²) < 4.78 is 12.3. The van der Waals surface area contributed by atoms with Gasteiger partial charge in [0.05, 0.1) is 12.2 Å². The van der Waals surface area contributed by atoms with Crippen molar-refractivity contribution in [2.45, 2.75) is 56.8 Å². The van der Waals surface area contributed by atoms with E-state index in [1.54, 1.807) is 0 Å². The fourth-order valence-corrected chi connectivity index (χ4v) is 3.66. The highest BCUT2D eigenvalue weighted by Crippen LogP contribution is 2.47. The molecule has 3 nitrogen and oxygen atoms in total. The maximum Gasteiger partial charge on any atom is 0.125 e. The van der Waals surface area contributed by atoms with Crippen LogP contribution >= 0.6 is 11.6 Å². The monoisotopic (exact) mass is 295 g/mol. The number of nitrogens with two attached hydrogens (primary N) is 1. The fraction of sp³-hybridized carbons (Fsp3) is 0.625. The summed E-state index contributed by atoms with van der Waals surface area (Å²) in [6, 6.07) is 5.71. The standard InChI is InChI=1S/C16H22ClNO2/c1-3-15(2)10-16(6-7-19-15)9-13(18)12-8-11(17)4-5-14(12)20-16/h4-5,8,13H,3,6-7,9-10,18H2,1-2H3/t13-,15?,16?/m1/s1. The van der Waals surface area contributed by atoms with Crippen LogP contribution in [0.25, 0.3) is 0 Å². The first-order chi connectivity index (χ1) is 9.45. The average Bonchev–Trinajstić information content (AvgIpc) is 2.40. The van der Waals surface area contributed by atoms with E-state index in [-0.39, 0.29) is 17.2 Å². The van der Waals surface area contributed by atoms with Gasteiger partial charge in [-0.1, -0.05) is 18.5 Å². The summed E-state index contributed by atoms with van der Waals surface area (Å²) in [6.45, 7) is 5.07. The van der Waals surface area contributed by atoms with Gasteiger partial charge < -0.3 is 15.2 Å². The first-order valence-electron chi connectivity index (χ1n) is 7.33. The molecule has 2 unspecified atom stereocenters. The molecule has 2 heterocycles. The molecule has 1 aromatic rings. The average molecular weight is 296 g/mol. The van der Waals surface area contributed by atoms with Crippen LogP contribution in [-0.2, 0) is 4.74 Å². The highest BCUT2D eigenvalue weighted by Gasteiger charge is 2.47. The van der Waals surface area contributed by atoms with E-state index in [9.17, 15) is 0 Å². The molecular weight excluding hydrogens is 274 g/mol. The molecule has 2 N–H and O–H groups in total. The molecule has 1 saturated heterocycles. The maximum atomic E-state index is 6.37. The lowest BCUT2D eigenvalue weighted by Gasteiger charge is -2.49. The third-order valence-electron chi connectivity index (χ3n) is 4.74. The number of hydrogen-bond donors (Lipinski definition) is 1. The summed E-state index contributed by atoms with van der Waals surface area (Å²) in [5, 5.41) is 0.712. The predicted molar refractivity (Wildman–Crippen MR) is 80.2 cm³/mol. The quantitative estimate of drug-likeness (QED) is 0.856. The third kappa shape index (κ3) is 2.43. The number of ether oxygens (including phenoxy) is 2. The zero-order chi connectivity index (χ0) is 14.4. The van der Waals surface area contributed by atoms with E-state index in [0.29, 0.717) is 5.02 Å². The van der Waals surface area contributed by atoms with Gasteiger partial charge in [-0.05, 0) is 31.5 Å². The van der Waals surface area contributed by atoms with E-state index in [2.05, 4.69) is 13.8 Å². The number of benzene rings is 1. The predicted octanol–water partition coefficient (Wildman–Crippen LogP) is 3.84. The Morgan fingerprint density at radius 1 is 1.45 bits per heavy atom. The summed E-state index contributed by atoms with van der Waals surface area (Å²) in [5.74, 6) is 0.883. The van der Waals surface area contributed by atoms with Crippen LogP contribution in [0.15, 0.2) is 18.2 Å². The van der Waals surface area contributed by atoms with Gasteiger partial charge in [0, 0.05) is 35.9 Å². The number of hydrogen-bond acceptors (Lipinski definition) is 3. The van der Waals surface area contributed by atoms with Crippen molar-refractivity contribution < 1.29 is 9.47 Å². The topological polar surface area (TPSA) is 44.5 Å². The molecule has 1 aromatic carbocycles. The van der Waals surface area contributed by atoms with Crippen molar-refractivity contribution in [2.24, 2.45) is 5.73 Å². The SMILES string of the molecule is CCC1(C)CC2(CCO1)C[C@@H](N)c1cc(Cl)ccc1O2. The molecule has 3 atom stereocenters. The van der Waals surface area contributed by atoms with Gasteiger partial charge in [0.1, 0.15) is 11.4 Å². The van der Waals surface area contributed by atoms with E-state index in [0.717, 1.165) is 43.6 Å². The van der Waals surface area contributed by atoms with Crippen LogP contribution in [0.5, 0.6) is 5.75 Å². The molecule has 1 spiro atoms.